The summed E-state index contributed by atoms with van der Waals surface area (Å²) in [4.78, 5) is 23.2. The van der Waals surface area contributed by atoms with E-state index in [0.29, 0.717) is 6.42 Å². The van der Waals surface area contributed by atoms with Crippen LogP contribution >= 0.6 is 15.9 Å². The first-order valence-corrected chi connectivity index (χ1v) is 6.51. The molecule has 6 heteroatoms. The lowest BCUT2D eigenvalue weighted by molar-refractivity contribution is -0.122. The van der Waals surface area contributed by atoms with Gasteiger partial charge in [0.25, 0.3) is 5.56 Å². The summed E-state index contributed by atoms with van der Waals surface area (Å²) in [6.45, 7) is 3.46. The van der Waals surface area contributed by atoms with Crippen LogP contribution in [0.25, 0.3) is 0 Å². The monoisotopic (exact) mass is 316 g/mol. The molecule has 1 rings (SSSR count). The van der Waals surface area contributed by atoms with Crippen molar-refractivity contribution in [2.24, 2.45) is 0 Å². The minimum absolute atomic E-state index is 0.0254. The lowest BCUT2D eigenvalue weighted by atomic mass is 10.1. The number of nitrogens with zero attached hydrogens (tertiary/aromatic N) is 1. The molecule has 0 radical (unpaired) electrons. The van der Waals surface area contributed by atoms with E-state index in [-0.39, 0.29) is 24.1 Å². The Labute approximate surface area is 114 Å². The SMILES string of the molecule is CC(O)CC(C)NC(=O)Cn1cc(Br)ccc1=O. The number of rotatable bonds is 5. The Morgan fingerprint density at radius 3 is 2.78 bits per heavy atom. The number of carbonyl (C=O) groups excluding carboxylic acids is 1. The molecular formula is C12H17BrN2O3. The predicted octanol–water partition coefficient (Wildman–Crippen LogP) is 0.886. The Hall–Kier alpha value is -1.14. The fourth-order valence-corrected chi connectivity index (χ4v) is 2.05. The van der Waals surface area contributed by atoms with Crippen LogP contribution in [0.3, 0.4) is 0 Å². The number of aliphatic hydroxyl groups is 1. The molecule has 2 atom stereocenters. The van der Waals surface area contributed by atoms with Crippen molar-refractivity contribution in [3.8, 4) is 0 Å². The molecule has 1 heterocycles. The number of carbonyl (C=O) groups is 1. The molecule has 100 valence electrons. The number of aliphatic hydroxyl groups excluding tert-OH is 1. The van der Waals surface area contributed by atoms with E-state index in [1.807, 2.05) is 6.92 Å². The zero-order chi connectivity index (χ0) is 13.7. The molecule has 0 spiro atoms. The molecule has 0 saturated carbocycles. The second-order valence-corrected chi connectivity index (χ2v) is 5.28. The molecule has 1 aromatic heterocycles. The van der Waals surface area contributed by atoms with Gasteiger partial charge in [-0.15, -0.1) is 0 Å². The molecule has 1 aromatic rings. The molecule has 0 aliphatic carbocycles. The van der Waals surface area contributed by atoms with Crippen LogP contribution in [0.1, 0.15) is 20.3 Å². The van der Waals surface area contributed by atoms with Crippen molar-refractivity contribution in [1.82, 2.24) is 9.88 Å². The van der Waals surface area contributed by atoms with Gasteiger partial charge in [-0.1, -0.05) is 0 Å². The van der Waals surface area contributed by atoms with E-state index in [1.165, 1.54) is 10.6 Å². The lowest BCUT2D eigenvalue weighted by Crippen LogP contribution is -2.38. The highest BCUT2D eigenvalue weighted by molar-refractivity contribution is 9.10. The van der Waals surface area contributed by atoms with E-state index in [2.05, 4.69) is 21.2 Å². The third kappa shape index (κ3) is 5.01. The van der Waals surface area contributed by atoms with E-state index in [9.17, 15) is 14.7 Å². The number of hydrogen-bond acceptors (Lipinski definition) is 3. The van der Waals surface area contributed by atoms with Crippen LogP contribution in [0, 0.1) is 0 Å². The van der Waals surface area contributed by atoms with Crippen LogP contribution in [0.5, 0.6) is 0 Å². The van der Waals surface area contributed by atoms with Gasteiger partial charge in [-0.3, -0.25) is 9.59 Å². The average Bonchev–Trinajstić information content (AvgIpc) is 2.21. The van der Waals surface area contributed by atoms with Crippen molar-refractivity contribution >= 4 is 21.8 Å². The van der Waals surface area contributed by atoms with E-state index in [0.717, 1.165) is 4.47 Å². The highest BCUT2D eigenvalue weighted by Crippen LogP contribution is 2.04. The summed E-state index contributed by atoms with van der Waals surface area (Å²) in [5.41, 5.74) is -0.225. The van der Waals surface area contributed by atoms with Crippen LogP contribution in [-0.4, -0.2) is 27.7 Å². The third-order valence-electron chi connectivity index (χ3n) is 2.36. The van der Waals surface area contributed by atoms with E-state index < -0.39 is 6.10 Å². The summed E-state index contributed by atoms with van der Waals surface area (Å²) in [6.07, 6.45) is 1.59. The smallest absolute Gasteiger partial charge is 0.251 e. The van der Waals surface area contributed by atoms with Crippen molar-refractivity contribution in [1.29, 1.82) is 0 Å². The molecule has 0 fully saturated rings. The van der Waals surface area contributed by atoms with E-state index in [1.54, 1.807) is 19.2 Å². The van der Waals surface area contributed by atoms with Gasteiger partial charge in [-0.25, -0.2) is 0 Å². The Morgan fingerprint density at radius 2 is 2.17 bits per heavy atom. The molecule has 0 aliphatic rings. The Morgan fingerprint density at radius 1 is 1.50 bits per heavy atom. The van der Waals surface area contributed by atoms with Crippen LogP contribution < -0.4 is 10.9 Å². The molecule has 0 saturated heterocycles. The van der Waals surface area contributed by atoms with Gasteiger partial charge < -0.3 is 15.0 Å². The summed E-state index contributed by atoms with van der Waals surface area (Å²) in [6, 6.07) is 2.91. The van der Waals surface area contributed by atoms with Crippen LogP contribution in [-0.2, 0) is 11.3 Å². The fraction of sp³-hybridized carbons (Fsp3) is 0.500. The van der Waals surface area contributed by atoms with Crippen molar-refractivity contribution in [3.05, 3.63) is 33.2 Å². The number of pyridine rings is 1. The summed E-state index contributed by atoms with van der Waals surface area (Å²) >= 11 is 3.25. The zero-order valence-corrected chi connectivity index (χ0v) is 12.0. The maximum absolute atomic E-state index is 11.7. The third-order valence-corrected chi connectivity index (χ3v) is 2.83. The molecule has 18 heavy (non-hydrogen) atoms. The van der Waals surface area contributed by atoms with Gasteiger partial charge >= 0.3 is 0 Å². The highest BCUT2D eigenvalue weighted by Gasteiger charge is 2.10. The summed E-state index contributed by atoms with van der Waals surface area (Å²) in [5.74, 6) is -0.247. The minimum atomic E-state index is -0.464. The highest BCUT2D eigenvalue weighted by atomic mass is 79.9. The first-order chi connectivity index (χ1) is 8.38. The maximum atomic E-state index is 11.7. The number of amides is 1. The van der Waals surface area contributed by atoms with Crippen molar-refractivity contribution in [3.63, 3.8) is 0 Å². The number of hydrogen-bond donors (Lipinski definition) is 2. The molecule has 2 unspecified atom stereocenters. The predicted molar refractivity (Wildman–Crippen MR) is 72.3 cm³/mol. The minimum Gasteiger partial charge on any atom is -0.393 e. The lowest BCUT2D eigenvalue weighted by Gasteiger charge is -2.15. The normalized spacial score (nSPS) is 14.0. The van der Waals surface area contributed by atoms with Crippen LogP contribution in [0.15, 0.2) is 27.6 Å². The zero-order valence-electron chi connectivity index (χ0n) is 10.4. The molecule has 2 N–H and O–H groups in total. The fourth-order valence-electron chi connectivity index (χ4n) is 1.67. The van der Waals surface area contributed by atoms with Crippen molar-refractivity contribution in [2.45, 2.75) is 39.0 Å². The topological polar surface area (TPSA) is 71.3 Å². The molecule has 1 amide bonds. The van der Waals surface area contributed by atoms with Gasteiger partial charge in [0.2, 0.25) is 5.91 Å². The van der Waals surface area contributed by atoms with Gasteiger partial charge in [-0.05, 0) is 42.3 Å². The van der Waals surface area contributed by atoms with Crippen LogP contribution in [0.2, 0.25) is 0 Å². The first-order valence-electron chi connectivity index (χ1n) is 5.72. The van der Waals surface area contributed by atoms with E-state index in [4.69, 9.17) is 0 Å². The quantitative estimate of drug-likeness (QED) is 0.847. The first kappa shape index (κ1) is 14.9. The van der Waals surface area contributed by atoms with Gasteiger partial charge in [0.15, 0.2) is 0 Å². The largest absolute Gasteiger partial charge is 0.393 e. The summed E-state index contributed by atoms with van der Waals surface area (Å²) < 4.78 is 2.07. The summed E-state index contributed by atoms with van der Waals surface area (Å²) in [7, 11) is 0. The maximum Gasteiger partial charge on any atom is 0.251 e. The molecular weight excluding hydrogens is 300 g/mol. The Balaban J connectivity index is 2.59. The van der Waals surface area contributed by atoms with Gasteiger partial charge in [0.1, 0.15) is 6.54 Å². The van der Waals surface area contributed by atoms with Gasteiger partial charge in [-0.2, -0.15) is 0 Å². The molecule has 0 aliphatic heterocycles. The number of aromatic nitrogens is 1. The average molecular weight is 317 g/mol. The second-order valence-electron chi connectivity index (χ2n) is 4.37. The number of halogens is 1. The van der Waals surface area contributed by atoms with Crippen molar-refractivity contribution < 1.29 is 9.90 Å². The number of nitrogens with one attached hydrogen (secondary N) is 1. The summed E-state index contributed by atoms with van der Waals surface area (Å²) in [5, 5.41) is 11.9. The molecule has 0 bridgehead atoms. The standard InChI is InChI=1S/C12H17BrN2O3/c1-8(5-9(2)16)14-11(17)7-15-6-10(13)3-4-12(15)18/h3-4,6,8-9,16H,5,7H2,1-2H3,(H,14,17). The molecule has 5 nitrogen and oxygen atoms in total. The van der Waals surface area contributed by atoms with E-state index >= 15 is 0 Å². The van der Waals surface area contributed by atoms with Crippen LogP contribution in [0.4, 0.5) is 0 Å². The second kappa shape index (κ2) is 6.70. The Bertz CT molecular complexity index is 471. The molecule has 0 aromatic carbocycles. The Kier molecular flexibility index (Phi) is 5.55. The van der Waals surface area contributed by atoms with Gasteiger partial charge in [0.05, 0.1) is 6.10 Å². The van der Waals surface area contributed by atoms with Crippen molar-refractivity contribution in [2.75, 3.05) is 0 Å². The van der Waals surface area contributed by atoms with Gasteiger partial charge in [0, 0.05) is 22.8 Å².